The van der Waals surface area contributed by atoms with E-state index in [2.05, 4.69) is 29.4 Å². The van der Waals surface area contributed by atoms with Gasteiger partial charge < -0.3 is 15.5 Å². The van der Waals surface area contributed by atoms with E-state index in [9.17, 15) is 4.79 Å². The Bertz CT molecular complexity index is 302. The summed E-state index contributed by atoms with van der Waals surface area (Å²) in [6.45, 7) is 10.0. The van der Waals surface area contributed by atoms with Crippen molar-refractivity contribution in [1.29, 1.82) is 0 Å². The molecule has 4 nitrogen and oxygen atoms in total. The molecule has 116 valence electrons. The maximum absolute atomic E-state index is 12.0. The molecular weight excluding hydrogens is 250 g/mol. The smallest absolute Gasteiger partial charge is 0.237 e. The Morgan fingerprint density at radius 2 is 2.25 bits per heavy atom. The maximum Gasteiger partial charge on any atom is 0.237 e. The Morgan fingerprint density at radius 3 is 2.95 bits per heavy atom. The van der Waals surface area contributed by atoms with E-state index in [4.69, 9.17) is 0 Å². The van der Waals surface area contributed by atoms with Gasteiger partial charge in [-0.05, 0) is 50.6 Å². The van der Waals surface area contributed by atoms with Crippen molar-refractivity contribution < 1.29 is 4.79 Å². The molecule has 4 heteroatoms. The number of nitrogens with one attached hydrogen (secondary N) is 2. The molecule has 2 rings (SSSR count). The summed E-state index contributed by atoms with van der Waals surface area (Å²) in [4.78, 5) is 14.6. The lowest BCUT2D eigenvalue weighted by atomic mass is 9.96. The number of carbonyl (C=O) groups is 1. The number of carbonyl (C=O) groups excluding carboxylic acids is 1. The molecule has 1 amide bonds. The predicted molar refractivity (Wildman–Crippen MR) is 82.7 cm³/mol. The van der Waals surface area contributed by atoms with Crippen LogP contribution in [-0.4, -0.2) is 49.6 Å². The fraction of sp³-hybridized carbons (Fsp3) is 0.938. The van der Waals surface area contributed by atoms with E-state index in [0.29, 0.717) is 5.92 Å². The molecule has 0 saturated carbocycles. The van der Waals surface area contributed by atoms with Gasteiger partial charge in [0.2, 0.25) is 5.91 Å². The van der Waals surface area contributed by atoms with Crippen molar-refractivity contribution >= 4 is 5.91 Å². The molecule has 3 atom stereocenters. The largest absolute Gasteiger partial charge is 0.354 e. The second-order valence-corrected chi connectivity index (χ2v) is 6.68. The first kappa shape index (κ1) is 15.8. The zero-order chi connectivity index (χ0) is 14.4. The van der Waals surface area contributed by atoms with Gasteiger partial charge in [0.1, 0.15) is 0 Å². The first-order valence-electron chi connectivity index (χ1n) is 8.42. The predicted octanol–water partition coefficient (Wildman–Crippen LogP) is 1.61. The number of hydrogen-bond acceptors (Lipinski definition) is 3. The summed E-state index contributed by atoms with van der Waals surface area (Å²) < 4.78 is 0. The molecule has 3 unspecified atom stereocenters. The van der Waals surface area contributed by atoms with Crippen LogP contribution >= 0.6 is 0 Å². The van der Waals surface area contributed by atoms with Crippen LogP contribution in [0, 0.1) is 11.8 Å². The summed E-state index contributed by atoms with van der Waals surface area (Å²) in [5, 5.41) is 6.42. The average Bonchev–Trinajstić information content (AvgIpc) is 2.99. The third-order valence-corrected chi connectivity index (χ3v) is 4.81. The highest BCUT2D eigenvalue weighted by Gasteiger charge is 2.24. The van der Waals surface area contributed by atoms with Crippen LogP contribution in [0.3, 0.4) is 0 Å². The highest BCUT2D eigenvalue weighted by atomic mass is 16.2. The van der Waals surface area contributed by atoms with Gasteiger partial charge in [0.25, 0.3) is 0 Å². The zero-order valence-corrected chi connectivity index (χ0v) is 13.2. The molecular formula is C16H31N3O. The van der Waals surface area contributed by atoms with E-state index in [1.54, 1.807) is 0 Å². The number of hydrogen-bond donors (Lipinski definition) is 2. The van der Waals surface area contributed by atoms with Crippen molar-refractivity contribution in [1.82, 2.24) is 15.5 Å². The van der Waals surface area contributed by atoms with Gasteiger partial charge in [0, 0.05) is 19.6 Å². The van der Waals surface area contributed by atoms with Crippen molar-refractivity contribution in [3.8, 4) is 0 Å². The van der Waals surface area contributed by atoms with Crippen LogP contribution in [0.15, 0.2) is 0 Å². The molecule has 2 aliphatic rings. The summed E-state index contributed by atoms with van der Waals surface area (Å²) in [6.07, 6.45) is 5.92. The SMILES string of the molecule is CCC(C)CN1CCCC(CNC(=O)C2CCCN2)C1. The van der Waals surface area contributed by atoms with Crippen molar-refractivity contribution in [3.63, 3.8) is 0 Å². The Morgan fingerprint density at radius 1 is 1.40 bits per heavy atom. The number of nitrogens with zero attached hydrogens (tertiary/aromatic N) is 1. The molecule has 0 aromatic carbocycles. The molecule has 0 spiro atoms. The van der Waals surface area contributed by atoms with Crippen LogP contribution in [0.5, 0.6) is 0 Å². The minimum Gasteiger partial charge on any atom is -0.354 e. The lowest BCUT2D eigenvalue weighted by Gasteiger charge is -2.34. The van der Waals surface area contributed by atoms with Crippen LogP contribution in [0.4, 0.5) is 0 Å². The summed E-state index contributed by atoms with van der Waals surface area (Å²) in [5.41, 5.74) is 0. The molecule has 0 aromatic rings. The monoisotopic (exact) mass is 281 g/mol. The molecule has 0 aromatic heterocycles. The standard InChI is InChI=1S/C16H31N3O/c1-3-13(2)11-19-9-5-6-14(12-19)10-18-16(20)15-7-4-8-17-15/h13-15,17H,3-12H2,1-2H3,(H,18,20). The molecule has 2 heterocycles. The van der Waals surface area contributed by atoms with Crippen molar-refractivity contribution in [2.75, 3.05) is 32.7 Å². The fourth-order valence-electron chi connectivity index (χ4n) is 3.33. The number of rotatable bonds is 6. The van der Waals surface area contributed by atoms with Gasteiger partial charge in [-0.25, -0.2) is 0 Å². The molecule has 0 radical (unpaired) electrons. The fourth-order valence-corrected chi connectivity index (χ4v) is 3.33. The first-order chi connectivity index (χ1) is 9.69. The van der Waals surface area contributed by atoms with E-state index in [0.717, 1.165) is 38.4 Å². The molecule has 2 fully saturated rings. The number of amides is 1. The molecule has 0 aliphatic carbocycles. The van der Waals surface area contributed by atoms with Crippen LogP contribution < -0.4 is 10.6 Å². The number of piperidine rings is 1. The minimum atomic E-state index is 0.0646. The van der Waals surface area contributed by atoms with Crippen LogP contribution in [0.2, 0.25) is 0 Å². The van der Waals surface area contributed by atoms with E-state index < -0.39 is 0 Å². The van der Waals surface area contributed by atoms with Crippen LogP contribution in [0.1, 0.15) is 46.0 Å². The normalized spacial score (nSPS) is 29.3. The quantitative estimate of drug-likeness (QED) is 0.777. The minimum absolute atomic E-state index is 0.0646. The highest BCUT2D eigenvalue weighted by Crippen LogP contribution is 2.18. The van der Waals surface area contributed by atoms with Crippen molar-refractivity contribution in [2.45, 2.75) is 52.0 Å². The van der Waals surface area contributed by atoms with Gasteiger partial charge in [-0.3, -0.25) is 4.79 Å². The Labute approximate surface area is 123 Å². The summed E-state index contributed by atoms with van der Waals surface area (Å²) in [6, 6.07) is 0.0646. The number of likely N-dealkylation sites (tertiary alicyclic amines) is 1. The summed E-state index contributed by atoms with van der Waals surface area (Å²) >= 11 is 0. The van der Waals surface area contributed by atoms with Gasteiger partial charge in [0.05, 0.1) is 6.04 Å². The van der Waals surface area contributed by atoms with E-state index >= 15 is 0 Å². The summed E-state index contributed by atoms with van der Waals surface area (Å²) in [7, 11) is 0. The highest BCUT2D eigenvalue weighted by molar-refractivity contribution is 5.81. The molecule has 20 heavy (non-hydrogen) atoms. The molecule has 2 saturated heterocycles. The second-order valence-electron chi connectivity index (χ2n) is 6.68. The molecule has 0 bridgehead atoms. The first-order valence-corrected chi connectivity index (χ1v) is 8.42. The van der Waals surface area contributed by atoms with Crippen molar-refractivity contribution in [2.24, 2.45) is 11.8 Å². The Balaban J connectivity index is 1.68. The topological polar surface area (TPSA) is 44.4 Å². The molecule has 2 N–H and O–H groups in total. The Kier molecular flexibility index (Phi) is 6.30. The maximum atomic E-state index is 12.0. The zero-order valence-electron chi connectivity index (χ0n) is 13.2. The Hall–Kier alpha value is -0.610. The van der Waals surface area contributed by atoms with E-state index in [1.807, 2.05) is 0 Å². The lowest BCUT2D eigenvalue weighted by molar-refractivity contribution is -0.123. The van der Waals surface area contributed by atoms with Gasteiger partial charge in [-0.15, -0.1) is 0 Å². The van der Waals surface area contributed by atoms with Gasteiger partial charge in [-0.2, -0.15) is 0 Å². The van der Waals surface area contributed by atoms with E-state index in [1.165, 1.54) is 32.4 Å². The third kappa shape index (κ3) is 4.74. The summed E-state index contributed by atoms with van der Waals surface area (Å²) in [5.74, 6) is 1.63. The van der Waals surface area contributed by atoms with Crippen LogP contribution in [-0.2, 0) is 4.79 Å². The second kappa shape index (κ2) is 7.99. The third-order valence-electron chi connectivity index (χ3n) is 4.81. The average molecular weight is 281 g/mol. The van der Waals surface area contributed by atoms with Gasteiger partial charge in [0.15, 0.2) is 0 Å². The molecule has 2 aliphatic heterocycles. The van der Waals surface area contributed by atoms with Gasteiger partial charge >= 0.3 is 0 Å². The van der Waals surface area contributed by atoms with Gasteiger partial charge in [-0.1, -0.05) is 20.3 Å². The van der Waals surface area contributed by atoms with Crippen molar-refractivity contribution in [3.05, 3.63) is 0 Å². The lowest BCUT2D eigenvalue weighted by Crippen LogP contribution is -2.46. The van der Waals surface area contributed by atoms with Crippen LogP contribution in [0.25, 0.3) is 0 Å². The van der Waals surface area contributed by atoms with E-state index in [-0.39, 0.29) is 11.9 Å².